The number of carboxylic acid groups (broad SMARTS) is 1. The minimum atomic E-state index is -0.766. The summed E-state index contributed by atoms with van der Waals surface area (Å²) in [5, 5.41) is 14.1. The molecule has 0 unspecified atom stereocenters. The maximum atomic E-state index is 13.0. The fraction of sp³-hybridized carbons (Fsp3) is 0.556. The summed E-state index contributed by atoms with van der Waals surface area (Å²) in [5.41, 5.74) is 2.16. The summed E-state index contributed by atoms with van der Waals surface area (Å²) in [5.74, 6) is -0.630. The van der Waals surface area contributed by atoms with Crippen LogP contribution < -0.4 is 0 Å². The zero-order chi connectivity index (χ0) is 18.1. The number of rotatable bonds is 4. The lowest BCUT2D eigenvalue weighted by Gasteiger charge is -2.31. The maximum Gasteiger partial charge on any atom is 0.303 e. The van der Waals surface area contributed by atoms with Gasteiger partial charge in [-0.15, -0.1) is 0 Å². The van der Waals surface area contributed by atoms with E-state index in [0.717, 1.165) is 29.6 Å². The predicted molar refractivity (Wildman–Crippen MR) is 93.5 cm³/mol. The Morgan fingerprint density at radius 3 is 2.60 bits per heavy atom. The van der Waals surface area contributed by atoms with Crippen molar-refractivity contribution in [2.75, 3.05) is 13.1 Å². The maximum absolute atomic E-state index is 13.0. The summed E-state index contributed by atoms with van der Waals surface area (Å²) in [6.45, 7) is 7.14. The third-order valence-electron chi connectivity index (χ3n) is 4.78. The molecule has 1 aliphatic heterocycles. The van der Waals surface area contributed by atoms with E-state index in [4.69, 9.17) is 5.11 Å². The normalized spacial score (nSPS) is 15.9. The molecule has 1 amide bonds. The topological polar surface area (TPSA) is 88.3 Å². The van der Waals surface area contributed by atoms with Crippen molar-refractivity contribution in [1.82, 2.24) is 19.7 Å². The Balaban J connectivity index is 1.85. The van der Waals surface area contributed by atoms with Gasteiger partial charge in [0.25, 0.3) is 5.91 Å². The number of hydrogen-bond donors (Lipinski definition) is 1. The first kappa shape index (κ1) is 17.4. The van der Waals surface area contributed by atoms with Crippen molar-refractivity contribution in [1.29, 1.82) is 0 Å². The third kappa shape index (κ3) is 3.50. The molecule has 3 heterocycles. The van der Waals surface area contributed by atoms with Crippen LogP contribution in [-0.2, 0) is 4.79 Å². The van der Waals surface area contributed by atoms with Crippen LogP contribution in [0.1, 0.15) is 55.2 Å². The van der Waals surface area contributed by atoms with E-state index in [9.17, 15) is 9.59 Å². The highest BCUT2D eigenvalue weighted by Crippen LogP contribution is 2.25. The first-order valence-electron chi connectivity index (χ1n) is 8.72. The summed E-state index contributed by atoms with van der Waals surface area (Å²) in [4.78, 5) is 30.2. The van der Waals surface area contributed by atoms with Crippen LogP contribution in [-0.4, -0.2) is 49.7 Å². The molecule has 0 bridgehead atoms. The van der Waals surface area contributed by atoms with Gasteiger partial charge in [-0.05, 0) is 45.6 Å². The molecule has 2 aromatic heterocycles. The van der Waals surface area contributed by atoms with E-state index in [-0.39, 0.29) is 24.3 Å². The number of pyridine rings is 1. The molecule has 7 heteroatoms. The number of hydrogen-bond acceptors (Lipinski definition) is 4. The van der Waals surface area contributed by atoms with E-state index >= 15 is 0 Å². The molecule has 0 spiro atoms. The second-order valence-electron chi connectivity index (χ2n) is 7.06. The van der Waals surface area contributed by atoms with Crippen molar-refractivity contribution in [2.45, 2.75) is 46.1 Å². The second-order valence-corrected chi connectivity index (χ2v) is 7.06. The molecule has 0 aromatic carbocycles. The lowest BCUT2D eigenvalue weighted by Crippen LogP contribution is -2.39. The van der Waals surface area contributed by atoms with Gasteiger partial charge in [-0.2, -0.15) is 5.10 Å². The average Bonchev–Trinajstić information content (AvgIpc) is 2.97. The van der Waals surface area contributed by atoms with E-state index in [1.165, 1.54) is 0 Å². The number of aromatic nitrogens is 3. The number of nitrogens with zero attached hydrogens (tertiary/aromatic N) is 4. The molecule has 0 radical (unpaired) electrons. The van der Waals surface area contributed by atoms with Gasteiger partial charge in [0.05, 0.1) is 17.1 Å². The number of carbonyl (C=O) groups is 2. The number of piperidine rings is 1. The largest absolute Gasteiger partial charge is 0.481 e. The van der Waals surface area contributed by atoms with Crippen LogP contribution in [0.4, 0.5) is 0 Å². The van der Waals surface area contributed by atoms with E-state index in [0.29, 0.717) is 18.7 Å². The number of amides is 1. The van der Waals surface area contributed by atoms with Crippen molar-refractivity contribution in [3.8, 4) is 0 Å². The van der Waals surface area contributed by atoms with Crippen molar-refractivity contribution >= 4 is 22.9 Å². The quantitative estimate of drug-likeness (QED) is 0.921. The molecule has 1 saturated heterocycles. The average molecular weight is 344 g/mol. The molecule has 25 heavy (non-hydrogen) atoms. The first-order chi connectivity index (χ1) is 11.9. The number of fused-ring (bicyclic) bond motifs is 1. The Hall–Kier alpha value is -2.44. The molecular formula is C18H24N4O3. The van der Waals surface area contributed by atoms with Gasteiger partial charge in [0.2, 0.25) is 0 Å². The Morgan fingerprint density at radius 2 is 2.00 bits per heavy atom. The summed E-state index contributed by atoms with van der Waals surface area (Å²) in [6, 6.07) is 1.99. The van der Waals surface area contributed by atoms with Crippen molar-refractivity contribution in [3.05, 3.63) is 23.5 Å². The minimum Gasteiger partial charge on any atom is -0.481 e. The monoisotopic (exact) mass is 344 g/mol. The number of aryl methyl sites for hydroxylation is 1. The zero-order valence-electron chi connectivity index (χ0n) is 14.9. The summed E-state index contributed by atoms with van der Waals surface area (Å²) < 4.78 is 1.83. The Kier molecular flexibility index (Phi) is 4.74. The molecule has 134 valence electrons. The van der Waals surface area contributed by atoms with Crippen LogP contribution in [0.25, 0.3) is 11.0 Å². The Bertz CT molecular complexity index is 804. The van der Waals surface area contributed by atoms with Gasteiger partial charge in [0.15, 0.2) is 5.65 Å². The molecule has 1 N–H and O–H groups in total. The first-order valence-corrected chi connectivity index (χ1v) is 8.72. The van der Waals surface area contributed by atoms with Crippen LogP contribution in [0.5, 0.6) is 0 Å². The standard InChI is InChI=1S/C18H24N4O3/c1-11(2)22-17-15(10-19-22)14(8-12(3)20-17)18(25)21-6-4-13(5-7-21)9-16(23)24/h8,10-11,13H,4-7,9H2,1-3H3,(H,23,24). The fourth-order valence-corrected chi connectivity index (χ4v) is 3.46. The van der Waals surface area contributed by atoms with E-state index in [1.807, 2.05) is 36.4 Å². The lowest BCUT2D eigenvalue weighted by molar-refractivity contribution is -0.138. The highest BCUT2D eigenvalue weighted by atomic mass is 16.4. The highest BCUT2D eigenvalue weighted by molar-refractivity contribution is 6.05. The van der Waals surface area contributed by atoms with E-state index < -0.39 is 5.97 Å². The van der Waals surface area contributed by atoms with Crippen LogP contribution >= 0.6 is 0 Å². The van der Waals surface area contributed by atoms with Gasteiger partial charge in [-0.1, -0.05) is 0 Å². The van der Waals surface area contributed by atoms with Gasteiger partial charge in [-0.3, -0.25) is 9.59 Å². The van der Waals surface area contributed by atoms with Gasteiger partial charge >= 0.3 is 5.97 Å². The molecule has 2 aromatic rings. The molecular weight excluding hydrogens is 320 g/mol. The van der Waals surface area contributed by atoms with Crippen LogP contribution in [0.3, 0.4) is 0 Å². The number of carboxylic acids is 1. The van der Waals surface area contributed by atoms with Crippen LogP contribution in [0.15, 0.2) is 12.3 Å². The van der Waals surface area contributed by atoms with Crippen molar-refractivity contribution in [3.63, 3.8) is 0 Å². The van der Waals surface area contributed by atoms with Gasteiger partial charge in [0.1, 0.15) is 0 Å². The molecule has 1 fully saturated rings. The van der Waals surface area contributed by atoms with Gasteiger partial charge in [0, 0.05) is 31.2 Å². The number of likely N-dealkylation sites (tertiary alicyclic amines) is 1. The van der Waals surface area contributed by atoms with Crippen molar-refractivity contribution < 1.29 is 14.7 Å². The van der Waals surface area contributed by atoms with Crippen LogP contribution in [0, 0.1) is 12.8 Å². The molecule has 0 aliphatic carbocycles. The predicted octanol–water partition coefficient (Wildman–Crippen LogP) is 2.65. The second kappa shape index (κ2) is 6.82. The summed E-state index contributed by atoms with van der Waals surface area (Å²) in [7, 11) is 0. The minimum absolute atomic E-state index is 0.0208. The molecule has 7 nitrogen and oxygen atoms in total. The van der Waals surface area contributed by atoms with E-state index in [2.05, 4.69) is 10.1 Å². The van der Waals surface area contributed by atoms with Gasteiger partial charge in [-0.25, -0.2) is 9.67 Å². The van der Waals surface area contributed by atoms with Crippen molar-refractivity contribution in [2.24, 2.45) is 5.92 Å². The third-order valence-corrected chi connectivity index (χ3v) is 4.78. The molecule has 3 rings (SSSR count). The SMILES string of the molecule is Cc1cc(C(=O)N2CCC(CC(=O)O)CC2)c2cnn(C(C)C)c2n1. The number of aliphatic carboxylic acids is 1. The summed E-state index contributed by atoms with van der Waals surface area (Å²) >= 11 is 0. The highest BCUT2D eigenvalue weighted by Gasteiger charge is 2.27. The Morgan fingerprint density at radius 1 is 1.32 bits per heavy atom. The molecule has 0 atom stereocenters. The summed E-state index contributed by atoms with van der Waals surface area (Å²) in [6.07, 6.45) is 3.36. The zero-order valence-corrected chi connectivity index (χ0v) is 14.9. The smallest absolute Gasteiger partial charge is 0.303 e. The van der Waals surface area contributed by atoms with Gasteiger partial charge < -0.3 is 10.0 Å². The van der Waals surface area contributed by atoms with Crippen LogP contribution in [0.2, 0.25) is 0 Å². The van der Waals surface area contributed by atoms with E-state index in [1.54, 1.807) is 6.20 Å². The Labute approximate surface area is 146 Å². The number of carbonyl (C=O) groups excluding carboxylic acids is 1. The molecule has 0 saturated carbocycles. The lowest BCUT2D eigenvalue weighted by atomic mass is 9.93. The fourth-order valence-electron chi connectivity index (χ4n) is 3.46. The molecule has 1 aliphatic rings.